The average Bonchev–Trinajstić information content (AvgIpc) is 3.08. The van der Waals surface area contributed by atoms with Crippen molar-refractivity contribution in [2.75, 3.05) is 6.61 Å². The van der Waals surface area contributed by atoms with E-state index in [1.807, 2.05) is 45.9 Å². The summed E-state index contributed by atoms with van der Waals surface area (Å²) in [5, 5.41) is 2.92. The monoisotopic (exact) mass is 355 g/mol. The summed E-state index contributed by atoms with van der Waals surface area (Å²) in [6.07, 6.45) is 1.45. The zero-order valence-corrected chi connectivity index (χ0v) is 14.5. The fourth-order valence-corrected chi connectivity index (χ4v) is 2.22. The summed E-state index contributed by atoms with van der Waals surface area (Å²) in [7, 11) is 0. The van der Waals surface area contributed by atoms with Crippen LogP contribution in [0.5, 0.6) is 5.75 Å². The van der Waals surface area contributed by atoms with E-state index in [2.05, 4.69) is 21.2 Å². The minimum absolute atomic E-state index is 0.278. The van der Waals surface area contributed by atoms with E-state index in [1.54, 1.807) is 0 Å². The van der Waals surface area contributed by atoms with Crippen LogP contribution in [-0.4, -0.2) is 23.8 Å². The normalized spacial score (nSPS) is 16.2. The second-order valence-corrected chi connectivity index (χ2v) is 7.46. The molecule has 1 N–H and O–H groups in total. The first-order valence-corrected chi connectivity index (χ1v) is 7.89. The van der Waals surface area contributed by atoms with Crippen LogP contribution in [0, 0.1) is 6.92 Å². The van der Waals surface area contributed by atoms with Crippen molar-refractivity contribution < 1.29 is 14.3 Å². The molecule has 0 bridgehead atoms. The molecular formula is C16H22BrNO3. The highest BCUT2D eigenvalue weighted by Gasteiger charge is 2.46. The predicted octanol–water partition coefficient (Wildman–Crippen LogP) is 4.19. The number of ether oxygens (including phenoxy) is 2. The maximum Gasteiger partial charge on any atom is 0.408 e. The lowest BCUT2D eigenvalue weighted by molar-refractivity contribution is 0.0477. The molecule has 116 valence electrons. The van der Waals surface area contributed by atoms with Crippen LogP contribution < -0.4 is 10.1 Å². The Morgan fingerprint density at radius 1 is 1.38 bits per heavy atom. The van der Waals surface area contributed by atoms with E-state index in [9.17, 15) is 4.79 Å². The van der Waals surface area contributed by atoms with Gasteiger partial charge in [-0.25, -0.2) is 4.79 Å². The number of carbonyl (C=O) groups excluding carboxylic acids is 1. The molecular weight excluding hydrogens is 334 g/mol. The zero-order chi connectivity index (χ0) is 15.7. The minimum Gasteiger partial charge on any atom is -0.491 e. The Bertz CT molecular complexity index is 533. The van der Waals surface area contributed by atoms with E-state index in [-0.39, 0.29) is 11.6 Å². The summed E-state index contributed by atoms with van der Waals surface area (Å²) in [5.41, 5.74) is 0.401. The van der Waals surface area contributed by atoms with Crippen molar-refractivity contribution in [2.45, 2.75) is 51.7 Å². The number of amides is 1. The molecule has 21 heavy (non-hydrogen) atoms. The standard InChI is InChI=1S/C16H22BrNO3/c1-11-5-6-12(9-13(11)17)20-10-16(7-8-16)18-14(19)21-15(2,3)4/h5-6,9H,7-8,10H2,1-4H3,(H,18,19). The van der Waals surface area contributed by atoms with E-state index < -0.39 is 5.60 Å². The van der Waals surface area contributed by atoms with Gasteiger partial charge in [-0.15, -0.1) is 0 Å². The number of carbonyl (C=O) groups is 1. The van der Waals surface area contributed by atoms with Crippen LogP contribution in [0.25, 0.3) is 0 Å². The average molecular weight is 356 g/mol. The highest BCUT2D eigenvalue weighted by atomic mass is 79.9. The van der Waals surface area contributed by atoms with Crippen LogP contribution in [0.3, 0.4) is 0 Å². The number of halogens is 1. The fourth-order valence-electron chi connectivity index (χ4n) is 1.86. The molecule has 0 saturated heterocycles. The molecule has 0 spiro atoms. The van der Waals surface area contributed by atoms with Crippen LogP contribution in [0.1, 0.15) is 39.2 Å². The van der Waals surface area contributed by atoms with E-state index in [0.29, 0.717) is 6.61 Å². The third kappa shape index (κ3) is 4.92. The van der Waals surface area contributed by atoms with Crippen molar-refractivity contribution in [3.8, 4) is 5.75 Å². The first kappa shape index (κ1) is 16.1. The van der Waals surface area contributed by atoms with Crippen LogP contribution in [0.15, 0.2) is 22.7 Å². The molecule has 5 heteroatoms. The number of hydrogen-bond acceptors (Lipinski definition) is 3. The van der Waals surface area contributed by atoms with Gasteiger partial charge >= 0.3 is 6.09 Å². The van der Waals surface area contributed by atoms with Gasteiger partial charge in [0.1, 0.15) is 18.0 Å². The second kappa shape index (κ2) is 5.87. The summed E-state index contributed by atoms with van der Waals surface area (Å²) < 4.78 is 12.1. The molecule has 1 fully saturated rings. The topological polar surface area (TPSA) is 47.6 Å². The number of hydrogen-bond donors (Lipinski definition) is 1. The molecule has 0 heterocycles. The Morgan fingerprint density at radius 2 is 2.05 bits per heavy atom. The van der Waals surface area contributed by atoms with Crippen molar-refractivity contribution in [3.63, 3.8) is 0 Å². The molecule has 1 aliphatic carbocycles. The predicted molar refractivity (Wildman–Crippen MR) is 85.7 cm³/mol. The summed E-state index contributed by atoms with van der Waals surface area (Å²) >= 11 is 3.49. The Kier molecular flexibility index (Phi) is 4.51. The van der Waals surface area contributed by atoms with E-state index >= 15 is 0 Å². The molecule has 1 saturated carbocycles. The van der Waals surface area contributed by atoms with Crippen LogP contribution in [-0.2, 0) is 4.74 Å². The molecule has 2 rings (SSSR count). The molecule has 1 amide bonds. The zero-order valence-electron chi connectivity index (χ0n) is 13.0. The van der Waals surface area contributed by atoms with Gasteiger partial charge in [0.15, 0.2) is 0 Å². The smallest absolute Gasteiger partial charge is 0.408 e. The lowest BCUT2D eigenvalue weighted by Crippen LogP contribution is -2.44. The van der Waals surface area contributed by atoms with Gasteiger partial charge in [-0.1, -0.05) is 22.0 Å². The number of aryl methyl sites for hydroxylation is 1. The summed E-state index contributed by atoms with van der Waals surface area (Å²) in [4.78, 5) is 11.8. The van der Waals surface area contributed by atoms with Crippen molar-refractivity contribution in [2.24, 2.45) is 0 Å². The third-order valence-electron chi connectivity index (χ3n) is 3.28. The molecule has 0 radical (unpaired) electrons. The Hall–Kier alpha value is -1.23. The number of benzene rings is 1. The molecule has 0 aromatic heterocycles. The largest absolute Gasteiger partial charge is 0.491 e. The van der Waals surface area contributed by atoms with Crippen molar-refractivity contribution >= 4 is 22.0 Å². The van der Waals surface area contributed by atoms with Gasteiger partial charge < -0.3 is 14.8 Å². The Balaban J connectivity index is 1.87. The summed E-state index contributed by atoms with van der Waals surface area (Å²) in [6.45, 7) is 8.05. The van der Waals surface area contributed by atoms with Gasteiger partial charge in [0.05, 0.1) is 5.54 Å². The lowest BCUT2D eigenvalue weighted by Gasteiger charge is -2.23. The summed E-state index contributed by atoms with van der Waals surface area (Å²) in [5.74, 6) is 0.796. The molecule has 1 aliphatic rings. The van der Waals surface area contributed by atoms with Crippen LogP contribution in [0.2, 0.25) is 0 Å². The van der Waals surface area contributed by atoms with Crippen LogP contribution in [0.4, 0.5) is 4.79 Å². The van der Waals surface area contributed by atoms with Crippen molar-refractivity contribution in [1.29, 1.82) is 0 Å². The minimum atomic E-state index is -0.483. The maximum atomic E-state index is 11.8. The van der Waals surface area contributed by atoms with Gasteiger partial charge in [0.2, 0.25) is 0 Å². The lowest BCUT2D eigenvalue weighted by atomic mass is 10.2. The Labute approximate surface area is 134 Å². The molecule has 4 nitrogen and oxygen atoms in total. The number of alkyl carbamates (subject to hydrolysis) is 1. The molecule has 0 atom stereocenters. The highest BCUT2D eigenvalue weighted by molar-refractivity contribution is 9.10. The first-order valence-electron chi connectivity index (χ1n) is 7.09. The number of rotatable bonds is 4. The summed E-state index contributed by atoms with van der Waals surface area (Å²) in [6, 6.07) is 5.88. The van der Waals surface area contributed by atoms with Crippen molar-refractivity contribution in [1.82, 2.24) is 5.32 Å². The second-order valence-electron chi connectivity index (χ2n) is 6.61. The van der Waals surface area contributed by atoms with Gasteiger partial charge in [0.25, 0.3) is 0 Å². The molecule has 1 aromatic carbocycles. The first-order chi connectivity index (χ1) is 9.69. The van der Waals surface area contributed by atoms with Crippen molar-refractivity contribution in [3.05, 3.63) is 28.2 Å². The Morgan fingerprint density at radius 3 is 2.57 bits per heavy atom. The van der Waals surface area contributed by atoms with Crippen LogP contribution >= 0.6 is 15.9 Å². The highest BCUT2D eigenvalue weighted by Crippen LogP contribution is 2.36. The fraction of sp³-hybridized carbons (Fsp3) is 0.562. The molecule has 0 aliphatic heterocycles. The maximum absolute atomic E-state index is 11.8. The van der Waals surface area contributed by atoms with Gasteiger partial charge in [-0.3, -0.25) is 0 Å². The van der Waals surface area contributed by atoms with E-state index in [0.717, 1.165) is 28.6 Å². The van der Waals surface area contributed by atoms with E-state index in [4.69, 9.17) is 9.47 Å². The van der Waals surface area contributed by atoms with E-state index in [1.165, 1.54) is 0 Å². The molecule has 1 aromatic rings. The van der Waals surface area contributed by atoms with Gasteiger partial charge in [-0.05, 0) is 58.2 Å². The van der Waals surface area contributed by atoms with Gasteiger partial charge in [0, 0.05) is 4.47 Å². The third-order valence-corrected chi connectivity index (χ3v) is 4.13. The number of nitrogens with one attached hydrogen (secondary N) is 1. The quantitative estimate of drug-likeness (QED) is 0.880. The SMILES string of the molecule is Cc1ccc(OCC2(NC(=O)OC(C)(C)C)CC2)cc1Br. The molecule has 0 unspecified atom stereocenters. The van der Waals surface area contributed by atoms with Gasteiger partial charge in [-0.2, -0.15) is 0 Å².